The molecule has 0 spiro atoms. The van der Waals surface area contributed by atoms with Gasteiger partial charge in [0.15, 0.2) is 0 Å². The van der Waals surface area contributed by atoms with Crippen LogP contribution in [0.1, 0.15) is 10.4 Å². The minimum atomic E-state index is -3.70. The van der Waals surface area contributed by atoms with Crippen LogP contribution >= 0.6 is 0 Å². The first-order valence-electron chi connectivity index (χ1n) is 8.24. The van der Waals surface area contributed by atoms with Gasteiger partial charge in [-0.15, -0.1) is 0 Å². The molecule has 5 nitrogen and oxygen atoms in total. The predicted molar refractivity (Wildman–Crippen MR) is 106 cm³/mol. The average Bonchev–Trinajstić information content (AvgIpc) is 2.73. The van der Waals surface area contributed by atoms with Gasteiger partial charge in [0.25, 0.3) is 10.0 Å². The van der Waals surface area contributed by atoms with Crippen molar-refractivity contribution in [2.75, 3.05) is 18.5 Å². The molecule has 0 aromatic heterocycles. The molecule has 0 aliphatic carbocycles. The van der Waals surface area contributed by atoms with Crippen LogP contribution in [0, 0.1) is 0 Å². The number of sulfonamides is 1. The van der Waals surface area contributed by atoms with Crippen LogP contribution in [0.15, 0.2) is 77.7 Å². The third-order valence-electron chi connectivity index (χ3n) is 4.31. The predicted octanol–water partition coefficient (Wildman–Crippen LogP) is 4.00. The number of carbonyl (C=O) groups excluding carboxylic acids is 1. The summed E-state index contributed by atoms with van der Waals surface area (Å²) in [6.07, 6.45) is 0.786. The Kier molecular flexibility index (Phi) is 5.28. The van der Waals surface area contributed by atoms with Crippen LogP contribution in [-0.4, -0.2) is 28.9 Å². The smallest absolute Gasteiger partial charge is 0.264 e. The zero-order valence-corrected chi connectivity index (χ0v) is 15.8. The fourth-order valence-corrected chi connectivity index (χ4v) is 3.86. The van der Waals surface area contributed by atoms with Crippen molar-refractivity contribution in [3.63, 3.8) is 0 Å². The highest BCUT2D eigenvalue weighted by Gasteiger charge is 2.21. The van der Waals surface area contributed by atoms with E-state index in [1.165, 1.54) is 18.5 Å². The first-order valence-corrected chi connectivity index (χ1v) is 9.68. The molecule has 27 heavy (non-hydrogen) atoms. The van der Waals surface area contributed by atoms with Gasteiger partial charge in [0.2, 0.25) is 0 Å². The summed E-state index contributed by atoms with van der Waals surface area (Å²) in [4.78, 5) is 10.9. The van der Waals surface area contributed by atoms with Gasteiger partial charge in [-0.3, -0.25) is 9.10 Å². The quantitative estimate of drug-likeness (QED) is 0.606. The van der Waals surface area contributed by atoms with Crippen molar-refractivity contribution in [3.8, 4) is 16.9 Å². The van der Waals surface area contributed by atoms with Gasteiger partial charge in [-0.1, -0.05) is 42.5 Å². The molecular weight excluding hydrogens is 362 g/mol. The van der Waals surface area contributed by atoms with E-state index in [4.69, 9.17) is 4.74 Å². The lowest BCUT2D eigenvalue weighted by atomic mass is 10.0. The lowest BCUT2D eigenvalue weighted by Crippen LogP contribution is -2.26. The van der Waals surface area contributed by atoms with Crippen LogP contribution in [0.3, 0.4) is 0 Å². The molecule has 0 aliphatic rings. The van der Waals surface area contributed by atoms with E-state index in [9.17, 15) is 13.2 Å². The van der Waals surface area contributed by atoms with Gasteiger partial charge in [-0.2, -0.15) is 0 Å². The molecule has 0 bridgehead atoms. The molecule has 138 valence electrons. The molecule has 0 aliphatic heterocycles. The van der Waals surface area contributed by atoms with Gasteiger partial charge >= 0.3 is 0 Å². The summed E-state index contributed by atoms with van der Waals surface area (Å²) in [6, 6.07) is 20.6. The maximum Gasteiger partial charge on any atom is 0.264 e. The van der Waals surface area contributed by atoms with E-state index in [0.29, 0.717) is 17.0 Å². The lowest BCUT2D eigenvalue weighted by molar-refractivity contribution is 0.112. The average molecular weight is 381 g/mol. The van der Waals surface area contributed by atoms with Gasteiger partial charge in [0.1, 0.15) is 12.0 Å². The Labute approximate surface area is 158 Å². The van der Waals surface area contributed by atoms with E-state index in [2.05, 4.69) is 0 Å². The van der Waals surface area contributed by atoms with Crippen LogP contribution in [0.2, 0.25) is 0 Å². The summed E-state index contributed by atoms with van der Waals surface area (Å²) >= 11 is 0. The Morgan fingerprint density at radius 2 is 1.48 bits per heavy atom. The number of hydrogen-bond acceptors (Lipinski definition) is 4. The van der Waals surface area contributed by atoms with Crippen LogP contribution in [0.5, 0.6) is 5.75 Å². The Morgan fingerprint density at radius 3 is 2.04 bits per heavy atom. The number of aldehydes is 1. The summed E-state index contributed by atoms with van der Waals surface area (Å²) < 4.78 is 32.2. The Morgan fingerprint density at radius 1 is 0.889 bits per heavy atom. The number of carbonyl (C=O) groups is 1. The number of nitrogens with zero attached hydrogens (tertiary/aromatic N) is 1. The Bertz CT molecular complexity index is 1040. The lowest BCUT2D eigenvalue weighted by Gasteiger charge is -2.20. The molecule has 0 saturated carbocycles. The molecular formula is C21H19NO4S. The largest absolute Gasteiger partial charge is 0.497 e. The van der Waals surface area contributed by atoms with Crippen molar-refractivity contribution < 1.29 is 17.9 Å². The summed E-state index contributed by atoms with van der Waals surface area (Å²) in [5, 5.41) is 0. The molecule has 0 radical (unpaired) electrons. The molecule has 0 saturated heterocycles. The summed E-state index contributed by atoms with van der Waals surface area (Å²) in [6.45, 7) is 0. The van der Waals surface area contributed by atoms with Crippen molar-refractivity contribution in [3.05, 3.63) is 78.4 Å². The maximum absolute atomic E-state index is 12.9. The molecule has 0 N–H and O–H groups in total. The number of ether oxygens (including phenoxy) is 1. The maximum atomic E-state index is 12.9. The highest BCUT2D eigenvalue weighted by Crippen LogP contribution is 2.27. The highest BCUT2D eigenvalue weighted by molar-refractivity contribution is 7.92. The van der Waals surface area contributed by atoms with Crippen molar-refractivity contribution >= 4 is 22.0 Å². The van der Waals surface area contributed by atoms with E-state index in [1.807, 2.05) is 12.1 Å². The van der Waals surface area contributed by atoms with Gasteiger partial charge < -0.3 is 4.74 Å². The minimum absolute atomic E-state index is 0.195. The topological polar surface area (TPSA) is 63.7 Å². The molecule has 0 amide bonds. The highest BCUT2D eigenvalue weighted by atomic mass is 32.2. The van der Waals surface area contributed by atoms with Crippen molar-refractivity contribution in [2.24, 2.45) is 0 Å². The van der Waals surface area contributed by atoms with E-state index in [-0.39, 0.29) is 4.90 Å². The fourth-order valence-electron chi connectivity index (χ4n) is 2.68. The Hall–Kier alpha value is -3.12. The van der Waals surface area contributed by atoms with Crippen LogP contribution in [0.4, 0.5) is 5.69 Å². The SMILES string of the molecule is COc1cccc(N(C)S(=O)(=O)c2ccc(-c3ccc(C=O)cc3)cc2)c1. The number of benzene rings is 3. The van der Waals surface area contributed by atoms with Gasteiger partial charge in [0, 0.05) is 18.7 Å². The zero-order valence-electron chi connectivity index (χ0n) is 15.0. The second-order valence-electron chi connectivity index (χ2n) is 5.94. The molecule has 6 heteroatoms. The van der Waals surface area contributed by atoms with Crippen molar-refractivity contribution in [1.82, 2.24) is 0 Å². The zero-order chi connectivity index (χ0) is 19.4. The molecule has 0 fully saturated rings. The molecule has 3 aromatic rings. The van der Waals surface area contributed by atoms with E-state index >= 15 is 0 Å². The van der Waals surface area contributed by atoms with E-state index in [1.54, 1.807) is 60.7 Å². The number of methoxy groups -OCH3 is 1. The van der Waals surface area contributed by atoms with Gasteiger partial charge in [-0.25, -0.2) is 8.42 Å². The van der Waals surface area contributed by atoms with E-state index in [0.717, 1.165) is 17.4 Å². The fraction of sp³-hybridized carbons (Fsp3) is 0.0952. The number of hydrogen-bond donors (Lipinski definition) is 0. The van der Waals surface area contributed by atoms with Crippen LogP contribution < -0.4 is 9.04 Å². The number of rotatable bonds is 6. The summed E-state index contributed by atoms with van der Waals surface area (Å²) in [5.41, 5.74) is 2.89. The molecule has 3 rings (SSSR count). The molecule has 0 atom stereocenters. The van der Waals surface area contributed by atoms with Crippen LogP contribution in [0.25, 0.3) is 11.1 Å². The first-order chi connectivity index (χ1) is 13.0. The van der Waals surface area contributed by atoms with Gasteiger partial charge in [-0.05, 0) is 35.4 Å². The van der Waals surface area contributed by atoms with E-state index < -0.39 is 10.0 Å². The Balaban J connectivity index is 1.89. The third-order valence-corrected chi connectivity index (χ3v) is 6.11. The molecule has 3 aromatic carbocycles. The second-order valence-corrected chi connectivity index (χ2v) is 7.91. The van der Waals surface area contributed by atoms with Crippen LogP contribution in [-0.2, 0) is 10.0 Å². The van der Waals surface area contributed by atoms with Crippen molar-refractivity contribution in [2.45, 2.75) is 4.90 Å². The normalized spacial score (nSPS) is 11.0. The van der Waals surface area contributed by atoms with Crippen molar-refractivity contribution in [1.29, 1.82) is 0 Å². The van der Waals surface area contributed by atoms with Gasteiger partial charge in [0.05, 0.1) is 17.7 Å². The monoisotopic (exact) mass is 381 g/mol. The standard InChI is InChI=1S/C21H19NO4S/c1-22(19-4-3-5-20(14-19)26-2)27(24,25)21-12-10-18(11-13-21)17-8-6-16(15-23)7-9-17/h3-15H,1-2H3. The first kappa shape index (κ1) is 18.7. The summed E-state index contributed by atoms with van der Waals surface area (Å²) in [7, 11) is -0.649. The molecule has 0 unspecified atom stereocenters. The number of anilines is 1. The second kappa shape index (κ2) is 7.63. The minimum Gasteiger partial charge on any atom is -0.497 e. The summed E-state index contributed by atoms with van der Waals surface area (Å²) in [5.74, 6) is 0.587. The third kappa shape index (κ3) is 3.85. The molecule has 0 heterocycles.